The molecular weight excluding hydrogens is 202 g/mol. The summed E-state index contributed by atoms with van der Waals surface area (Å²) in [5.41, 5.74) is 0. The van der Waals surface area contributed by atoms with Gasteiger partial charge in [0.15, 0.2) is 0 Å². The zero-order valence-corrected chi connectivity index (χ0v) is 10.1. The van der Waals surface area contributed by atoms with Gasteiger partial charge in [-0.15, -0.1) is 0 Å². The topological polar surface area (TPSA) is 43.7 Å². The molecule has 2 N–H and O–H groups in total. The number of aliphatic hydroxyl groups is 2. The molecule has 0 radical (unpaired) electrons. The number of aliphatic hydroxyl groups excluding tert-OH is 2. The van der Waals surface area contributed by atoms with Crippen molar-refractivity contribution in [2.45, 2.75) is 69.6 Å². The number of nitrogens with zero attached hydrogens (tertiary/aromatic N) is 1. The van der Waals surface area contributed by atoms with Gasteiger partial charge in [-0.2, -0.15) is 0 Å². The van der Waals surface area contributed by atoms with E-state index < -0.39 is 0 Å². The predicted molar refractivity (Wildman–Crippen MR) is 64.3 cm³/mol. The van der Waals surface area contributed by atoms with E-state index in [9.17, 15) is 10.2 Å². The Balaban J connectivity index is 1.89. The smallest absolute Gasteiger partial charge is 0.0695 e. The van der Waals surface area contributed by atoms with E-state index in [1.54, 1.807) is 0 Å². The van der Waals surface area contributed by atoms with Gasteiger partial charge in [0.25, 0.3) is 0 Å². The Morgan fingerprint density at radius 3 is 2.06 bits per heavy atom. The van der Waals surface area contributed by atoms with Crippen LogP contribution in [0, 0.1) is 0 Å². The minimum absolute atomic E-state index is 0.109. The lowest BCUT2D eigenvalue weighted by Crippen LogP contribution is -2.48. The van der Waals surface area contributed by atoms with Crippen molar-refractivity contribution in [3.8, 4) is 0 Å². The molecule has 3 heteroatoms. The molecule has 1 aliphatic carbocycles. The van der Waals surface area contributed by atoms with Crippen molar-refractivity contribution in [1.82, 2.24) is 4.90 Å². The summed E-state index contributed by atoms with van der Waals surface area (Å²) in [6, 6.07) is 0.354. The summed E-state index contributed by atoms with van der Waals surface area (Å²) in [5.74, 6) is 0. The summed E-state index contributed by atoms with van der Waals surface area (Å²) in [4.78, 5) is 2.41. The van der Waals surface area contributed by atoms with Crippen molar-refractivity contribution in [2.24, 2.45) is 0 Å². The van der Waals surface area contributed by atoms with Gasteiger partial charge in [-0.1, -0.05) is 25.7 Å². The standard InChI is InChI=1S/C13H25NO2/c15-11-7-9-14(10-8-11)12-5-3-1-2-4-6-13(12)16/h11-13,15-16H,1-10H2. The summed E-state index contributed by atoms with van der Waals surface area (Å²) in [6.07, 6.45) is 8.63. The maximum atomic E-state index is 10.2. The van der Waals surface area contributed by atoms with Gasteiger partial charge in [-0.25, -0.2) is 0 Å². The molecule has 2 rings (SSSR count). The zero-order chi connectivity index (χ0) is 11.4. The quantitative estimate of drug-likeness (QED) is 0.714. The van der Waals surface area contributed by atoms with Crippen LogP contribution in [-0.2, 0) is 0 Å². The van der Waals surface area contributed by atoms with Crippen LogP contribution in [0.2, 0.25) is 0 Å². The lowest BCUT2D eigenvalue weighted by molar-refractivity contribution is -0.00330. The molecule has 1 saturated heterocycles. The van der Waals surface area contributed by atoms with Crippen molar-refractivity contribution >= 4 is 0 Å². The van der Waals surface area contributed by atoms with E-state index in [2.05, 4.69) is 4.90 Å². The van der Waals surface area contributed by atoms with Gasteiger partial charge in [-0.3, -0.25) is 4.90 Å². The second-order valence-corrected chi connectivity index (χ2v) is 5.39. The molecule has 2 unspecified atom stereocenters. The maximum absolute atomic E-state index is 10.2. The van der Waals surface area contributed by atoms with Crippen LogP contribution in [-0.4, -0.2) is 46.5 Å². The highest BCUT2D eigenvalue weighted by molar-refractivity contribution is 4.84. The first-order valence-corrected chi connectivity index (χ1v) is 6.87. The lowest BCUT2D eigenvalue weighted by Gasteiger charge is -2.39. The number of piperidine rings is 1. The molecule has 0 aromatic carbocycles. The van der Waals surface area contributed by atoms with Crippen LogP contribution in [0.5, 0.6) is 0 Å². The summed E-state index contributed by atoms with van der Waals surface area (Å²) in [6.45, 7) is 1.92. The predicted octanol–water partition coefficient (Wildman–Crippen LogP) is 1.53. The highest BCUT2D eigenvalue weighted by Crippen LogP contribution is 2.24. The monoisotopic (exact) mass is 227 g/mol. The molecule has 2 fully saturated rings. The first-order chi connectivity index (χ1) is 7.77. The van der Waals surface area contributed by atoms with E-state index in [1.807, 2.05) is 0 Å². The lowest BCUT2D eigenvalue weighted by atomic mass is 9.91. The van der Waals surface area contributed by atoms with Crippen molar-refractivity contribution in [3.63, 3.8) is 0 Å². The normalized spacial score (nSPS) is 35.6. The molecule has 1 aliphatic heterocycles. The number of likely N-dealkylation sites (tertiary alicyclic amines) is 1. The van der Waals surface area contributed by atoms with Crippen LogP contribution in [0.4, 0.5) is 0 Å². The van der Waals surface area contributed by atoms with Crippen LogP contribution in [0.1, 0.15) is 51.4 Å². The summed E-state index contributed by atoms with van der Waals surface area (Å²) in [7, 11) is 0. The Morgan fingerprint density at radius 1 is 0.750 bits per heavy atom. The summed E-state index contributed by atoms with van der Waals surface area (Å²) < 4.78 is 0. The molecule has 2 atom stereocenters. The molecule has 0 bridgehead atoms. The van der Waals surface area contributed by atoms with Gasteiger partial charge in [-0.05, 0) is 25.7 Å². The van der Waals surface area contributed by atoms with Crippen molar-refractivity contribution in [1.29, 1.82) is 0 Å². The largest absolute Gasteiger partial charge is 0.393 e. The first-order valence-electron chi connectivity index (χ1n) is 6.87. The Morgan fingerprint density at radius 2 is 1.38 bits per heavy atom. The van der Waals surface area contributed by atoms with Crippen molar-refractivity contribution < 1.29 is 10.2 Å². The van der Waals surface area contributed by atoms with E-state index >= 15 is 0 Å². The van der Waals surface area contributed by atoms with Gasteiger partial charge in [0.05, 0.1) is 12.2 Å². The molecule has 0 aromatic heterocycles. The zero-order valence-electron chi connectivity index (χ0n) is 10.1. The van der Waals surface area contributed by atoms with E-state index in [-0.39, 0.29) is 12.2 Å². The van der Waals surface area contributed by atoms with Crippen LogP contribution in [0.25, 0.3) is 0 Å². The Labute approximate surface area is 98.5 Å². The Bertz CT molecular complexity index is 202. The second kappa shape index (κ2) is 5.99. The second-order valence-electron chi connectivity index (χ2n) is 5.39. The third-order valence-electron chi connectivity index (χ3n) is 4.16. The van der Waals surface area contributed by atoms with Gasteiger partial charge in [0, 0.05) is 19.1 Å². The van der Waals surface area contributed by atoms with Gasteiger partial charge in [0.2, 0.25) is 0 Å². The number of hydrogen-bond donors (Lipinski definition) is 2. The van der Waals surface area contributed by atoms with Gasteiger partial charge in [0.1, 0.15) is 0 Å². The SMILES string of the molecule is OC1CCN(C2CCCCCCC2O)CC1. The fourth-order valence-corrected chi connectivity index (χ4v) is 3.09. The average molecular weight is 227 g/mol. The van der Waals surface area contributed by atoms with Crippen molar-refractivity contribution in [2.75, 3.05) is 13.1 Å². The Kier molecular flexibility index (Phi) is 4.62. The number of hydrogen-bond acceptors (Lipinski definition) is 3. The third-order valence-corrected chi connectivity index (χ3v) is 4.16. The fraction of sp³-hybridized carbons (Fsp3) is 1.00. The molecule has 0 aromatic rings. The summed E-state index contributed by atoms with van der Waals surface area (Å²) >= 11 is 0. The van der Waals surface area contributed by atoms with Gasteiger partial charge < -0.3 is 10.2 Å². The molecule has 2 aliphatic rings. The number of rotatable bonds is 1. The van der Waals surface area contributed by atoms with Crippen LogP contribution < -0.4 is 0 Å². The highest BCUT2D eigenvalue weighted by atomic mass is 16.3. The average Bonchev–Trinajstić information content (AvgIpc) is 2.26. The van der Waals surface area contributed by atoms with E-state index in [1.165, 1.54) is 25.7 Å². The maximum Gasteiger partial charge on any atom is 0.0695 e. The molecule has 1 saturated carbocycles. The first kappa shape index (κ1) is 12.3. The minimum Gasteiger partial charge on any atom is -0.393 e. The molecule has 1 heterocycles. The van der Waals surface area contributed by atoms with Gasteiger partial charge >= 0.3 is 0 Å². The highest BCUT2D eigenvalue weighted by Gasteiger charge is 2.29. The van der Waals surface area contributed by atoms with Crippen LogP contribution in [0.15, 0.2) is 0 Å². The van der Waals surface area contributed by atoms with Crippen molar-refractivity contribution in [3.05, 3.63) is 0 Å². The molecule has 0 spiro atoms. The molecular formula is C13H25NO2. The molecule has 16 heavy (non-hydrogen) atoms. The van der Waals surface area contributed by atoms with Crippen LogP contribution >= 0.6 is 0 Å². The van der Waals surface area contributed by atoms with Crippen LogP contribution in [0.3, 0.4) is 0 Å². The fourth-order valence-electron chi connectivity index (χ4n) is 3.09. The molecule has 0 amide bonds. The third kappa shape index (κ3) is 3.19. The van der Waals surface area contributed by atoms with E-state index in [0.717, 1.165) is 38.8 Å². The van der Waals surface area contributed by atoms with E-state index in [0.29, 0.717) is 6.04 Å². The minimum atomic E-state index is -0.143. The molecule has 3 nitrogen and oxygen atoms in total. The summed E-state index contributed by atoms with van der Waals surface area (Å²) in [5, 5.41) is 19.7. The van der Waals surface area contributed by atoms with E-state index in [4.69, 9.17) is 0 Å². The Hall–Kier alpha value is -0.120. The molecule has 94 valence electrons.